The van der Waals surface area contributed by atoms with Crippen molar-refractivity contribution in [1.82, 2.24) is 5.16 Å². The summed E-state index contributed by atoms with van der Waals surface area (Å²) >= 11 is 19.5. The topological polar surface area (TPSA) is 64.8 Å². The molecule has 4 aromatic rings. The van der Waals surface area contributed by atoms with Crippen LogP contribution in [0.2, 0.25) is 15.1 Å². The van der Waals surface area contributed by atoms with Crippen molar-refractivity contribution in [2.45, 2.75) is 31.8 Å². The predicted molar refractivity (Wildman–Crippen MR) is 160 cm³/mol. The van der Waals surface area contributed by atoms with E-state index in [9.17, 15) is 4.79 Å². The van der Waals surface area contributed by atoms with Gasteiger partial charge in [0.1, 0.15) is 23.8 Å². The average molecular weight is 608 g/mol. The van der Waals surface area contributed by atoms with Crippen LogP contribution in [0.5, 0.6) is 5.75 Å². The van der Waals surface area contributed by atoms with Crippen LogP contribution in [-0.2, 0) is 11.3 Å². The van der Waals surface area contributed by atoms with Crippen molar-refractivity contribution in [3.63, 3.8) is 0 Å². The van der Waals surface area contributed by atoms with E-state index in [-0.39, 0.29) is 6.61 Å². The lowest BCUT2D eigenvalue weighted by Crippen LogP contribution is -2.37. The van der Waals surface area contributed by atoms with E-state index >= 15 is 0 Å². The van der Waals surface area contributed by atoms with Gasteiger partial charge in [0.05, 0.1) is 33.3 Å². The number of aromatic nitrogens is 1. The predicted octanol–water partition coefficient (Wildman–Crippen LogP) is 8.15. The van der Waals surface area contributed by atoms with E-state index in [2.05, 4.69) is 21.9 Å². The second kappa shape index (κ2) is 11.7. The number of anilines is 1. The Labute approximate surface area is 253 Å². The van der Waals surface area contributed by atoms with Crippen LogP contribution >= 0.6 is 34.8 Å². The van der Waals surface area contributed by atoms with E-state index in [4.69, 9.17) is 48.8 Å². The third-order valence-electron chi connectivity index (χ3n) is 7.19. The quantitative estimate of drug-likeness (QED) is 0.156. The molecular weight excluding hydrogens is 583 g/mol. The first-order chi connectivity index (χ1) is 19.9. The first-order valence-electron chi connectivity index (χ1n) is 13.3. The minimum atomic E-state index is -0.396. The summed E-state index contributed by atoms with van der Waals surface area (Å²) < 4.78 is 16.8. The van der Waals surface area contributed by atoms with Gasteiger partial charge in [-0.3, -0.25) is 0 Å². The largest absolute Gasteiger partial charge is 0.489 e. The Morgan fingerprint density at radius 1 is 1.02 bits per heavy atom. The van der Waals surface area contributed by atoms with Crippen LogP contribution in [0.15, 0.2) is 59.1 Å². The fourth-order valence-corrected chi connectivity index (χ4v) is 5.50. The molecule has 1 saturated heterocycles. The summed E-state index contributed by atoms with van der Waals surface area (Å²) in [6.45, 7) is 2.12. The second-order valence-electron chi connectivity index (χ2n) is 10.0. The summed E-state index contributed by atoms with van der Waals surface area (Å²) in [5, 5.41) is 5.75. The van der Waals surface area contributed by atoms with Crippen molar-refractivity contribution >= 4 is 46.5 Å². The molecule has 1 aromatic heterocycles. The number of nitrogens with zero attached hydrogens (tertiary/aromatic N) is 2. The molecule has 0 bridgehead atoms. The highest BCUT2D eigenvalue weighted by Crippen LogP contribution is 2.46. The Morgan fingerprint density at radius 2 is 1.80 bits per heavy atom. The van der Waals surface area contributed by atoms with Crippen molar-refractivity contribution in [1.29, 1.82) is 0 Å². The van der Waals surface area contributed by atoms with Crippen molar-refractivity contribution in [3.05, 3.63) is 97.7 Å². The zero-order valence-electron chi connectivity index (χ0n) is 22.2. The first-order valence-corrected chi connectivity index (χ1v) is 14.4. The standard InChI is InChI=1S/C32H25Cl3N2O4/c1-39-32(38)22-14-19(15-23(16-22)37-12-3-13-37)6-7-20-10-11-24(17-28(20)35)40-18-25-30(36-41-31(25)21-8-9-21)29-26(33)4-2-5-27(29)34/h2,4-5,10-11,14-17,21H,3,8-9,12-13,18H2,1H3. The Morgan fingerprint density at radius 3 is 2.46 bits per heavy atom. The highest BCUT2D eigenvalue weighted by Gasteiger charge is 2.33. The SMILES string of the molecule is COC(=O)c1cc(C#Cc2ccc(OCc3c(-c4c(Cl)cccc4Cl)noc3C3CC3)cc2Cl)cc(N2CCC2)c1. The van der Waals surface area contributed by atoms with Gasteiger partial charge in [-0.2, -0.15) is 0 Å². The lowest BCUT2D eigenvalue weighted by Gasteiger charge is -2.33. The number of esters is 1. The Balaban J connectivity index is 1.23. The summed E-state index contributed by atoms with van der Waals surface area (Å²) in [6, 6.07) is 16.2. The number of benzene rings is 3. The molecule has 9 heteroatoms. The molecule has 0 N–H and O–H groups in total. The maximum absolute atomic E-state index is 12.2. The molecule has 2 heterocycles. The molecule has 2 fully saturated rings. The zero-order valence-corrected chi connectivity index (χ0v) is 24.4. The number of hydrogen-bond acceptors (Lipinski definition) is 6. The van der Waals surface area contributed by atoms with Gasteiger partial charge in [-0.1, -0.05) is 57.9 Å². The van der Waals surface area contributed by atoms with Crippen LogP contribution in [-0.4, -0.2) is 31.3 Å². The zero-order chi connectivity index (χ0) is 28.5. The number of carbonyl (C=O) groups excluding carboxylic acids is 1. The smallest absolute Gasteiger partial charge is 0.337 e. The minimum Gasteiger partial charge on any atom is -0.489 e. The van der Waals surface area contributed by atoms with Crippen molar-refractivity contribution in [2.24, 2.45) is 0 Å². The average Bonchev–Trinajstić information content (AvgIpc) is 3.70. The maximum Gasteiger partial charge on any atom is 0.337 e. The van der Waals surface area contributed by atoms with Crippen molar-refractivity contribution in [2.75, 3.05) is 25.1 Å². The van der Waals surface area contributed by atoms with E-state index < -0.39 is 5.97 Å². The fraction of sp³-hybridized carbons (Fsp3) is 0.250. The number of methoxy groups -OCH3 is 1. The van der Waals surface area contributed by atoms with E-state index in [1.807, 2.05) is 24.3 Å². The molecule has 208 valence electrons. The van der Waals surface area contributed by atoms with Crippen LogP contribution in [0.3, 0.4) is 0 Å². The molecule has 3 aromatic carbocycles. The minimum absolute atomic E-state index is 0.215. The molecule has 6 nitrogen and oxygen atoms in total. The molecule has 1 saturated carbocycles. The molecule has 0 spiro atoms. The van der Waals surface area contributed by atoms with Gasteiger partial charge in [-0.05, 0) is 61.7 Å². The van der Waals surface area contributed by atoms with E-state index in [0.717, 1.165) is 49.4 Å². The van der Waals surface area contributed by atoms with Gasteiger partial charge >= 0.3 is 5.97 Å². The summed E-state index contributed by atoms with van der Waals surface area (Å²) in [7, 11) is 1.37. The van der Waals surface area contributed by atoms with Gasteiger partial charge in [0.2, 0.25) is 0 Å². The molecular formula is C32H25Cl3N2O4. The van der Waals surface area contributed by atoms with Gasteiger partial charge in [-0.25, -0.2) is 4.79 Å². The fourth-order valence-electron chi connectivity index (χ4n) is 4.71. The molecule has 1 aliphatic carbocycles. The molecule has 0 amide bonds. The molecule has 0 atom stereocenters. The summed E-state index contributed by atoms with van der Waals surface area (Å²) in [5.41, 5.74) is 4.80. The lowest BCUT2D eigenvalue weighted by atomic mass is 10.0. The maximum atomic E-state index is 12.2. The van der Waals surface area contributed by atoms with E-state index in [0.29, 0.717) is 54.7 Å². The third-order valence-corrected chi connectivity index (χ3v) is 8.13. The summed E-state index contributed by atoms with van der Waals surface area (Å²) in [6.07, 6.45) is 3.21. The molecule has 41 heavy (non-hydrogen) atoms. The van der Waals surface area contributed by atoms with E-state index in [1.54, 1.807) is 30.3 Å². The number of carbonyl (C=O) groups is 1. The number of hydrogen-bond donors (Lipinski definition) is 0. The first kappa shape index (κ1) is 27.5. The van der Waals surface area contributed by atoms with Crippen molar-refractivity contribution in [3.8, 4) is 28.8 Å². The highest BCUT2D eigenvalue weighted by atomic mass is 35.5. The van der Waals surface area contributed by atoms with Crippen LogP contribution < -0.4 is 9.64 Å². The van der Waals surface area contributed by atoms with Gasteiger partial charge in [0.15, 0.2) is 0 Å². The van der Waals surface area contributed by atoms with E-state index in [1.165, 1.54) is 7.11 Å². The van der Waals surface area contributed by atoms with Gasteiger partial charge < -0.3 is 18.9 Å². The lowest BCUT2D eigenvalue weighted by molar-refractivity contribution is 0.0600. The summed E-state index contributed by atoms with van der Waals surface area (Å²) in [5.74, 6) is 7.57. The normalized spacial score (nSPS) is 14.2. The highest BCUT2D eigenvalue weighted by molar-refractivity contribution is 6.39. The summed E-state index contributed by atoms with van der Waals surface area (Å²) in [4.78, 5) is 14.4. The van der Waals surface area contributed by atoms with Crippen LogP contribution in [0.1, 0.15) is 58.0 Å². The van der Waals surface area contributed by atoms with Gasteiger partial charge in [0.25, 0.3) is 0 Å². The van der Waals surface area contributed by atoms with Gasteiger partial charge in [-0.15, -0.1) is 0 Å². The number of ether oxygens (including phenoxy) is 2. The molecule has 0 unspecified atom stereocenters. The molecule has 1 aliphatic heterocycles. The van der Waals surface area contributed by atoms with Crippen LogP contribution in [0.4, 0.5) is 5.69 Å². The number of halogens is 3. The molecule has 0 radical (unpaired) electrons. The molecule has 6 rings (SSSR count). The Bertz CT molecular complexity index is 1680. The van der Waals surface area contributed by atoms with Crippen LogP contribution in [0, 0.1) is 11.8 Å². The Hall–Kier alpha value is -3.63. The Kier molecular flexibility index (Phi) is 7.86. The monoisotopic (exact) mass is 606 g/mol. The third kappa shape index (κ3) is 5.90. The second-order valence-corrected chi connectivity index (χ2v) is 11.2. The van der Waals surface area contributed by atoms with Gasteiger partial charge in [0, 0.05) is 47.5 Å². The van der Waals surface area contributed by atoms with Crippen molar-refractivity contribution < 1.29 is 18.8 Å². The number of rotatable bonds is 7. The van der Waals surface area contributed by atoms with Crippen LogP contribution in [0.25, 0.3) is 11.3 Å². The molecule has 2 aliphatic rings.